The van der Waals surface area contributed by atoms with Crippen molar-refractivity contribution in [3.63, 3.8) is 0 Å². The number of rotatable bonds is 5. The van der Waals surface area contributed by atoms with Crippen LogP contribution in [0.15, 0.2) is 60.8 Å². The van der Waals surface area contributed by atoms with Gasteiger partial charge >= 0.3 is 0 Å². The molecule has 1 heterocycles. The second-order valence-corrected chi connectivity index (χ2v) is 7.48. The van der Waals surface area contributed by atoms with Crippen LogP contribution in [-0.2, 0) is 5.41 Å². The number of Topliss-reactive ketones (excluding diaryl/α,β-unsaturated/α-hetero) is 1. The van der Waals surface area contributed by atoms with Gasteiger partial charge in [-0.2, -0.15) is 4.98 Å². The standard InChI is InChI=1S/C22H24N4O/c1-15(27)16-5-9-19(10-6-16)25-21-23-14-13-20(26-21)24-18-11-7-17(8-12-18)22(2,3)4/h5-14H,1-4H3,(H2,23,24,25,26). The number of hydrogen-bond acceptors (Lipinski definition) is 5. The molecule has 0 unspecified atom stereocenters. The molecule has 3 rings (SSSR count). The van der Waals surface area contributed by atoms with Crippen LogP contribution in [0.3, 0.4) is 0 Å². The minimum Gasteiger partial charge on any atom is -0.340 e. The van der Waals surface area contributed by atoms with Crippen LogP contribution in [0.4, 0.5) is 23.1 Å². The van der Waals surface area contributed by atoms with Crippen LogP contribution in [0.25, 0.3) is 0 Å². The predicted octanol–water partition coefficient (Wildman–Crippen LogP) is 5.46. The van der Waals surface area contributed by atoms with Gasteiger partial charge in [-0.05, 0) is 60.4 Å². The Morgan fingerprint density at radius 3 is 2.04 bits per heavy atom. The van der Waals surface area contributed by atoms with Gasteiger partial charge < -0.3 is 10.6 Å². The Morgan fingerprint density at radius 2 is 1.44 bits per heavy atom. The lowest BCUT2D eigenvalue weighted by atomic mass is 9.87. The highest BCUT2D eigenvalue weighted by Gasteiger charge is 2.12. The van der Waals surface area contributed by atoms with Crippen molar-refractivity contribution in [3.05, 3.63) is 71.9 Å². The summed E-state index contributed by atoms with van der Waals surface area (Å²) in [6.07, 6.45) is 1.70. The highest BCUT2D eigenvalue weighted by molar-refractivity contribution is 5.94. The molecule has 0 spiro atoms. The summed E-state index contributed by atoms with van der Waals surface area (Å²) in [6.45, 7) is 8.14. The molecule has 3 aromatic rings. The summed E-state index contributed by atoms with van der Waals surface area (Å²) in [6, 6.07) is 17.4. The summed E-state index contributed by atoms with van der Waals surface area (Å²) in [7, 11) is 0. The molecular formula is C22H24N4O. The van der Waals surface area contributed by atoms with Crippen molar-refractivity contribution in [3.8, 4) is 0 Å². The van der Waals surface area contributed by atoms with Gasteiger partial charge in [0.15, 0.2) is 5.78 Å². The summed E-state index contributed by atoms with van der Waals surface area (Å²) in [4.78, 5) is 20.1. The number of ketones is 1. The van der Waals surface area contributed by atoms with Gasteiger partial charge in [0, 0.05) is 23.1 Å². The number of anilines is 4. The van der Waals surface area contributed by atoms with Crippen LogP contribution in [0.2, 0.25) is 0 Å². The topological polar surface area (TPSA) is 66.9 Å². The Morgan fingerprint density at radius 1 is 0.852 bits per heavy atom. The maximum atomic E-state index is 11.4. The maximum Gasteiger partial charge on any atom is 0.229 e. The van der Waals surface area contributed by atoms with E-state index in [0.717, 1.165) is 11.4 Å². The van der Waals surface area contributed by atoms with E-state index in [-0.39, 0.29) is 11.2 Å². The lowest BCUT2D eigenvalue weighted by Gasteiger charge is -2.19. The Balaban J connectivity index is 1.71. The molecule has 0 amide bonds. The summed E-state index contributed by atoms with van der Waals surface area (Å²) in [5.74, 6) is 1.24. The molecule has 27 heavy (non-hydrogen) atoms. The average molecular weight is 360 g/mol. The molecule has 0 aliphatic rings. The SMILES string of the molecule is CC(=O)c1ccc(Nc2nccc(Nc3ccc(C(C)(C)C)cc3)n2)cc1. The molecule has 2 N–H and O–H groups in total. The first-order valence-electron chi connectivity index (χ1n) is 8.90. The van der Waals surface area contributed by atoms with Crippen LogP contribution >= 0.6 is 0 Å². The molecule has 0 radical (unpaired) electrons. The monoisotopic (exact) mass is 360 g/mol. The van der Waals surface area contributed by atoms with Gasteiger partial charge in [0.1, 0.15) is 5.82 Å². The molecule has 5 heteroatoms. The molecule has 0 aliphatic heterocycles. The fourth-order valence-corrected chi connectivity index (χ4v) is 2.61. The minimum atomic E-state index is 0.0430. The zero-order chi connectivity index (χ0) is 19.4. The molecule has 0 aliphatic carbocycles. The van der Waals surface area contributed by atoms with Crippen molar-refractivity contribution in [2.45, 2.75) is 33.1 Å². The molecule has 0 atom stereocenters. The third-order valence-corrected chi connectivity index (χ3v) is 4.23. The Hall–Kier alpha value is -3.21. The summed E-state index contributed by atoms with van der Waals surface area (Å²) in [5, 5.41) is 6.45. The van der Waals surface area contributed by atoms with Crippen molar-refractivity contribution in [2.75, 3.05) is 10.6 Å². The highest BCUT2D eigenvalue weighted by atomic mass is 16.1. The van der Waals surface area contributed by atoms with Gasteiger partial charge in [-0.1, -0.05) is 32.9 Å². The lowest BCUT2D eigenvalue weighted by molar-refractivity contribution is 0.101. The van der Waals surface area contributed by atoms with E-state index < -0.39 is 0 Å². The number of nitrogens with zero attached hydrogens (tertiary/aromatic N) is 2. The molecular weight excluding hydrogens is 336 g/mol. The summed E-state index contributed by atoms with van der Waals surface area (Å²) >= 11 is 0. The van der Waals surface area contributed by atoms with E-state index in [1.165, 1.54) is 5.56 Å². The number of carbonyl (C=O) groups is 1. The molecule has 138 valence electrons. The third-order valence-electron chi connectivity index (χ3n) is 4.23. The van der Waals surface area contributed by atoms with Crippen LogP contribution < -0.4 is 10.6 Å². The molecule has 0 fully saturated rings. The van der Waals surface area contributed by atoms with Gasteiger partial charge in [-0.15, -0.1) is 0 Å². The quantitative estimate of drug-likeness (QED) is 0.591. The third kappa shape index (κ3) is 4.91. The largest absolute Gasteiger partial charge is 0.340 e. The molecule has 1 aromatic heterocycles. The van der Waals surface area contributed by atoms with Gasteiger partial charge in [0.25, 0.3) is 0 Å². The van der Waals surface area contributed by atoms with Crippen molar-refractivity contribution in [1.82, 2.24) is 9.97 Å². The smallest absolute Gasteiger partial charge is 0.229 e. The molecule has 0 bridgehead atoms. The second kappa shape index (κ2) is 7.58. The number of benzene rings is 2. The van der Waals surface area contributed by atoms with E-state index in [9.17, 15) is 4.79 Å². The fourth-order valence-electron chi connectivity index (χ4n) is 2.61. The number of hydrogen-bond donors (Lipinski definition) is 2. The fraction of sp³-hybridized carbons (Fsp3) is 0.227. The van der Waals surface area contributed by atoms with Gasteiger partial charge in [0.2, 0.25) is 5.95 Å². The molecule has 2 aromatic carbocycles. The van der Waals surface area contributed by atoms with Crippen LogP contribution in [0.1, 0.15) is 43.6 Å². The van der Waals surface area contributed by atoms with Crippen LogP contribution in [0, 0.1) is 0 Å². The molecule has 5 nitrogen and oxygen atoms in total. The van der Waals surface area contributed by atoms with Gasteiger partial charge in [0.05, 0.1) is 0 Å². The van der Waals surface area contributed by atoms with Gasteiger partial charge in [-0.25, -0.2) is 4.98 Å². The van der Waals surface area contributed by atoms with E-state index in [4.69, 9.17) is 0 Å². The Kier molecular flexibility index (Phi) is 5.21. The second-order valence-electron chi connectivity index (χ2n) is 7.48. The van der Waals surface area contributed by atoms with E-state index in [1.54, 1.807) is 25.3 Å². The number of aromatic nitrogens is 2. The van der Waals surface area contributed by atoms with Crippen LogP contribution in [-0.4, -0.2) is 15.8 Å². The van der Waals surface area contributed by atoms with Crippen molar-refractivity contribution >= 4 is 28.9 Å². The van der Waals surface area contributed by atoms with E-state index in [1.807, 2.05) is 18.2 Å². The summed E-state index contributed by atoms with van der Waals surface area (Å²) in [5.41, 5.74) is 3.88. The van der Waals surface area contributed by atoms with E-state index in [0.29, 0.717) is 17.3 Å². The first-order chi connectivity index (χ1) is 12.8. The first kappa shape index (κ1) is 18.6. The molecule has 0 saturated heterocycles. The Bertz CT molecular complexity index is 926. The first-order valence-corrected chi connectivity index (χ1v) is 8.90. The van der Waals surface area contributed by atoms with Crippen molar-refractivity contribution in [1.29, 1.82) is 0 Å². The Labute approximate surface area is 159 Å². The number of nitrogens with one attached hydrogen (secondary N) is 2. The van der Waals surface area contributed by atoms with Gasteiger partial charge in [-0.3, -0.25) is 4.79 Å². The summed E-state index contributed by atoms with van der Waals surface area (Å²) < 4.78 is 0. The normalized spacial score (nSPS) is 11.1. The van der Waals surface area contributed by atoms with E-state index >= 15 is 0 Å². The predicted molar refractivity (Wildman–Crippen MR) is 110 cm³/mol. The maximum absolute atomic E-state index is 11.4. The minimum absolute atomic E-state index is 0.0430. The van der Waals surface area contributed by atoms with E-state index in [2.05, 4.69) is 65.6 Å². The molecule has 0 saturated carbocycles. The average Bonchev–Trinajstić information content (AvgIpc) is 2.62. The zero-order valence-electron chi connectivity index (χ0n) is 16.1. The number of carbonyl (C=O) groups excluding carboxylic acids is 1. The lowest BCUT2D eigenvalue weighted by Crippen LogP contribution is -2.10. The van der Waals surface area contributed by atoms with Crippen molar-refractivity contribution in [2.24, 2.45) is 0 Å². The highest BCUT2D eigenvalue weighted by Crippen LogP contribution is 2.25. The van der Waals surface area contributed by atoms with Crippen molar-refractivity contribution < 1.29 is 4.79 Å². The zero-order valence-corrected chi connectivity index (χ0v) is 16.1. The van der Waals surface area contributed by atoms with Crippen LogP contribution in [0.5, 0.6) is 0 Å².